The van der Waals surface area contributed by atoms with Crippen LogP contribution < -0.4 is 0 Å². The van der Waals surface area contributed by atoms with Crippen LogP contribution in [-0.2, 0) is 0 Å². The summed E-state index contributed by atoms with van der Waals surface area (Å²) in [4.78, 5) is 20.8. The Morgan fingerprint density at radius 2 is 0.743 bits per heavy atom. The van der Waals surface area contributed by atoms with Crippen LogP contribution in [0, 0.1) is 13.8 Å². The van der Waals surface area contributed by atoms with Crippen molar-refractivity contribution in [2.24, 2.45) is 0 Å². The number of hydrogen-bond acceptors (Lipinski definition) is 4. The zero-order valence-corrected chi connectivity index (χ0v) is 38.6. The number of aromatic nitrogens is 6. The second-order valence-electron chi connectivity index (χ2n) is 18.0. The van der Waals surface area contributed by atoms with Gasteiger partial charge >= 0.3 is 0 Å². The maximum atomic E-state index is 5.36. The van der Waals surface area contributed by atoms with Gasteiger partial charge in [-0.25, -0.2) is 15.0 Å². The van der Waals surface area contributed by atoms with Gasteiger partial charge in [-0.3, -0.25) is 4.98 Å². The summed E-state index contributed by atoms with van der Waals surface area (Å²) in [7, 11) is 0. The number of rotatable bonds is 8. The molecule has 6 heteroatoms. The minimum absolute atomic E-state index is 0.573. The molecule has 0 atom stereocenters. The van der Waals surface area contributed by atoms with Gasteiger partial charge in [-0.1, -0.05) is 169 Å². The van der Waals surface area contributed by atoms with E-state index in [0.29, 0.717) is 17.5 Å². The molecule has 0 fully saturated rings. The van der Waals surface area contributed by atoms with Gasteiger partial charge in [0.05, 0.1) is 39.1 Å². The fourth-order valence-corrected chi connectivity index (χ4v) is 10.3. The molecule has 0 unspecified atom stereocenters. The van der Waals surface area contributed by atoms with Crippen molar-refractivity contribution in [1.29, 1.82) is 0 Å². The Labute approximate surface area is 405 Å². The molecule has 70 heavy (non-hydrogen) atoms. The Kier molecular flexibility index (Phi) is 9.84. The number of benzene rings is 9. The number of fused-ring (bicyclic) bond motifs is 6. The van der Waals surface area contributed by atoms with Gasteiger partial charge in [0.15, 0.2) is 17.5 Å². The van der Waals surface area contributed by atoms with E-state index in [-0.39, 0.29) is 0 Å². The van der Waals surface area contributed by atoms with E-state index >= 15 is 0 Å². The molecule has 6 nitrogen and oxygen atoms in total. The van der Waals surface area contributed by atoms with Crippen molar-refractivity contribution in [2.75, 3.05) is 0 Å². The van der Waals surface area contributed by atoms with E-state index in [2.05, 4.69) is 181 Å². The number of para-hydroxylation sites is 2. The molecule has 13 rings (SSSR count). The fourth-order valence-electron chi connectivity index (χ4n) is 10.3. The van der Waals surface area contributed by atoms with Crippen LogP contribution in [0.2, 0.25) is 0 Å². The van der Waals surface area contributed by atoms with Crippen molar-refractivity contribution < 1.29 is 0 Å². The van der Waals surface area contributed by atoms with Gasteiger partial charge in [0.25, 0.3) is 0 Å². The Morgan fingerprint density at radius 1 is 0.300 bits per heavy atom. The van der Waals surface area contributed by atoms with Crippen molar-refractivity contribution >= 4 is 43.6 Å². The monoisotopic (exact) mass is 896 g/mol. The van der Waals surface area contributed by atoms with Crippen LogP contribution in [0.5, 0.6) is 0 Å². The van der Waals surface area contributed by atoms with Crippen molar-refractivity contribution in [3.63, 3.8) is 0 Å². The molecule has 4 aromatic heterocycles. The van der Waals surface area contributed by atoms with Crippen LogP contribution >= 0.6 is 0 Å². The largest absolute Gasteiger partial charge is 0.309 e. The lowest BCUT2D eigenvalue weighted by Gasteiger charge is -2.19. The first-order valence-electron chi connectivity index (χ1n) is 23.7. The van der Waals surface area contributed by atoms with E-state index in [1.165, 1.54) is 54.9 Å². The maximum Gasteiger partial charge on any atom is 0.164 e. The third-order valence-electron chi connectivity index (χ3n) is 13.5. The summed E-state index contributed by atoms with van der Waals surface area (Å²) in [6.45, 7) is 4.29. The SMILES string of the molecule is Cc1cccc(-c2ccc3c(c2)c2ccccc2n3-c2ccc(-c3nc(-c4ccccc4)nc(-c4ccccc4)n3)cc2-c2ncccc2-n2c3ccccc3c3cc(-c4cccc(C)c4)ccc32)c1. The topological polar surface area (TPSA) is 61.4 Å². The number of pyridine rings is 1. The lowest BCUT2D eigenvalue weighted by Crippen LogP contribution is -2.04. The second-order valence-corrected chi connectivity index (χ2v) is 18.0. The molecule has 0 bridgehead atoms. The molecule has 0 spiro atoms. The number of aryl methyl sites for hydroxylation is 2. The average molecular weight is 897 g/mol. The van der Waals surface area contributed by atoms with Crippen LogP contribution in [-0.4, -0.2) is 29.1 Å². The van der Waals surface area contributed by atoms with E-state index in [4.69, 9.17) is 19.9 Å². The fraction of sp³-hybridized carbons (Fsp3) is 0.0312. The summed E-state index contributed by atoms with van der Waals surface area (Å²) in [6.07, 6.45) is 1.91. The Balaban J connectivity index is 1.09. The molecular formula is C64H44N6. The molecule has 4 heterocycles. The van der Waals surface area contributed by atoms with Gasteiger partial charge in [0.2, 0.25) is 0 Å². The number of nitrogens with zero attached hydrogens (tertiary/aromatic N) is 6. The lowest BCUT2D eigenvalue weighted by atomic mass is 10.0. The zero-order chi connectivity index (χ0) is 46.7. The normalized spacial score (nSPS) is 11.6. The molecule has 0 aliphatic heterocycles. The highest BCUT2D eigenvalue weighted by Gasteiger charge is 2.23. The molecule has 9 aromatic carbocycles. The molecule has 0 aliphatic carbocycles. The summed E-state index contributed by atoms with van der Waals surface area (Å²) in [5.41, 5.74) is 18.0. The Hall–Kier alpha value is -9.26. The summed E-state index contributed by atoms with van der Waals surface area (Å²) in [5.74, 6) is 1.79. The molecule has 0 radical (unpaired) electrons. The maximum absolute atomic E-state index is 5.36. The van der Waals surface area contributed by atoms with E-state index < -0.39 is 0 Å². The van der Waals surface area contributed by atoms with Crippen LogP contribution in [0.4, 0.5) is 0 Å². The van der Waals surface area contributed by atoms with Gasteiger partial charge in [-0.15, -0.1) is 0 Å². The molecular weight excluding hydrogens is 853 g/mol. The molecule has 330 valence electrons. The highest BCUT2D eigenvalue weighted by atomic mass is 15.0. The first-order chi connectivity index (χ1) is 34.5. The number of hydrogen-bond donors (Lipinski definition) is 0. The summed E-state index contributed by atoms with van der Waals surface area (Å²) >= 11 is 0. The molecule has 0 saturated heterocycles. The van der Waals surface area contributed by atoms with Crippen LogP contribution in [0.15, 0.2) is 231 Å². The minimum Gasteiger partial charge on any atom is -0.309 e. The lowest BCUT2D eigenvalue weighted by molar-refractivity contribution is 1.07. The van der Waals surface area contributed by atoms with Crippen LogP contribution in [0.3, 0.4) is 0 Å². The van der Waals surface area contributed by atoms with E-state index in [9.17, 15) is 0 Å². The predicted octanol–water partition coefficient (Wildman–Crippen LogP) is 16.1. The first kappa shape index (κ1) is 41.0. The van der Waals surface area contributed by atoms with Crippen LogP contribution in [0.1, 0.15) is 11.1 Å². The first-order valence-corrected chi connectivity index (χ1v) is 23.7. The van der Waals surface area contributed by atoms with Crippen molar-refractivity contribution in [3.8, 4) is 79.0 Å². The van der Waals surface area contributed by atoms with Crippen molar-refractivity contribution in [3.05, 3.63) is 242 Å². The standard InChI is InChI=1S/C64H44N6/c1-41-16-13-22-45(36-41)47-29-32-57-52(38-47)50-24-9-11-26-55(50)69(57)59-34-31-49(64-67-62(43-18-5-3-6-19-43)66-63(68-64)44-20-7-4-8-21-44)40-54(59)61-60(28-15-35-65-61)70-56-27-12-10-25-51(56)53-39-48(30-33-58(53)70)46-23-14-17-42(2)37-46/h3-40H,1-2H3. The Bertz CT molecular complexity index is 4090. The minimum atomic E-state index is 0.573. The van der Waals surface area contributed by atoms with E-state index in [0.717, 1.165) is 61.4 Å². The van der Waals surface area contributed by atoms with E-state index in [1.54, 1.807) is 0 Å². The van der Waals surface area contributed by atoms with Gasteiger partial charge in [-0.2, -0.15) is 0 Å². The van der Waals surface area contributed by atoms with E-state index in [1.807, 2.05) is 72.9 Å². The van der Waals surface area contributed by atoms with Crippen LogP contribution in [0.25, 0.3) is 123 Å². The molecule has 13 aromatic rings. The van der Waals surface area contributed by atoms with Gasteiger partial charge in [-0.05, 0) is 103 Å². The summed E-state index contributed by atoms with van der Waals surface area (Å²) < 4.78 is 4.79. The third kappa shape index (κ3) is 7.04. The zero-order valence-electron chi connectivity index (χ0n) is 38.6. The van der Waals surface area contributed by atoms with Gasteiger partial charge in [0, 0.05) is 50.0 Å². The predicted molar refractivity (Wildman–Crippen MR) is 288 cm³/mol. The highest BCUT2D eigenvalue weighted by Crippen LogP contribution is 2.43. The second kappa shape index (κ2) is 16.8. The molecule has 0 aliphatic rings. The molecule has 0 saturated carbocycles. The van der Waals surface area contributed by atoms with Gasteiger partial charge in [0.1, 0.15) is 0 Å². The summed E-state index contributed by atoms with van der Waals surface area (Å²) in [5, 5.41) is 4.70. The molecule has 0 N–H and O–H groups in total. The summed E-state index contributed by atoms with van der Waals surface area (Å²) in [6, 6.07) is 79.7. The quantitative estimate of drug-likeness (QED) is 0.152. The average Bonchev–Trinajstić information content (AvgIpc) is 3.93. The van der Waals surface area contributed by atoms with Gasteiger partial charge < -0.3 is 9.13 Å². The van der Waals surface area contributed by atoms with Crippen molar-refractivity contribution in [1.82, 2.24) is 29.1 Å². The highest BCUT2D eigenvalue weighted by molar-refractivity contribution is 6.12. The Morgan fingerprint density at radius 3 is 1.29 bits per heavy atom. The third-order valence-corrected chi connectivity index (χ3v) is 13.5. The smallest absolute Gasteiger partial charge is 0.164 e. The van der Waals surface area contributed by atoms with Crippen molar-refractivity contribution in [2.45, 2.75) is 13.8 Å². The molecule has 0 amide bonds.